The van der Waals surface area contributed by atoms with Gasteiger partial charge in [-0.2, -0.15) is 0 Å². The Labute approximate surface area is 204 Å². The molecule has 1 aliphatic heterocycles. The number of benzene rings is 3. The van der Waals surface area contributed by atoms with E-state index >= 15 is 0 Å². The maximum Gasteiger partial charge on any atom is 0.325 e. The van der Waals surface area contributed by atoms with Crippen molar-refractivity contribution in [2.45, 2.75) is 6.17 Å². The van der Waals surface area contributed by atoms with Gasteiger partial charge in [-0.1, -0.05) is 42.5 Å². The van der Waals surface area contributed by atoms with E-state index in [2.05, 4.69) is 10.3 Å². The third-order valence-corrected chi connectivity index (χ3v) is 5.45. The van der Waals surface area contributed by atoms with E-state index in [9.17, 15) is 29.8 Å². The van der Waals surface area contributed by atoms with Crippen molar-refractivity contribution < 1.29 is 24.2 Å². The summed E-state index contributed by atoms with van der Waals surface area (Å²) in [6.07, 6.45) is -1.41. The van der Waals surface area contributed by atoms with Gasteiger partial charge in [0.05, 0.1) is 28.4 Å². The number of anilines is 2. The Balaban J connectivity index is 1.94. The second-order valence-electron chi connectivity index (χ2n) is 7.62. The van der Waals surface area contributed by atoms with Crippen molar-refractivity contribution in [2.24, 2.45) is 4.99 Å². The molecular weight excluding hydrogens is 470 g/mol. The van der Waals surface area contributed by atoms with E-state index in [4.69, 9.17) is 4.74 Å². The fourth-order valence-electron chi connectivity index (χ4n) is 3.76. The minimum Gasteiger partial charge on any atom is -0.468 e. The summed E-state index contributed by atoms with van der Waals surface area (Å²) in [5, 5.41) is 25.9. The van der Waals surface area contributed by atoms with Gasteiger partial charge in [0.15, 0.2) is 6.17 Å². The molecular formula is C24H19N5O7. The molecule has 0 bridgehead atoms. The lowest BCUT2D eigenvalue weighted by Gasteiger charge is -2.24. The number of fused-ring (bicyclic) bond motifs is 1. The van der Waals surface area contributed by atoms with Crippen LogP contribution in [0.5, 0.6) is 0 Å². The smallest absolute Gasteiger partial charge is 0.325 e. The zero-order valence-corrected chi connectivity index (χ0v) is 18.9. The number of nitrogens with one attached hydrogen (secondary N) is 1. The lowest BCUT2D eigenvalue weighted by molar-refractivity contribution is -0.384. The number of rotatable bonds is 7. The zero-order chi connectivity index (χ0) is 25.8. The van der Waals surface area contributed by atoms with Crippen molar-refractivity contribution in [3.8, 4) is 0 Å². The van der Waals surface area contributed by atoms with Crippen LogP contribution in [0.2, 0.25) is 0 Å². The molecule has 1 atom stereocenters. The highest BCUT2D eigenvalue weighted by Crippen LogP contribution is 2.33. The van der Waals surface area contributed by atoms with Gasteiger partial charge >= 0.3 is 5.97 Å². The van der Waals surface area contributed by atoms with E-state index < -0.39 is 34.4 Å². The average molecular weight is 489 g/mol. The highest BCUT2D eigenvalue weighted by atomic mass is 16.6. The number of hydrogen-bond acceptors (Lipinski definition) is 9. The number of ether oxygens (including phenoxy) is 1. The molecule has 4 rings (SSSR count). The van der Waals surface area contributed by atoms with Gasteiger partial charge in [-0.15, -0.1) is 0 Å². The number of nitro groups is 2. The molecule has 0 spiro atoms. The largest absolute Gasteiger partial charge is 0.468 e. The predicted molar refractivity (Wildman–Crippen MR) is 130 cm³/mol. The summed E-state index contributed by atoms with van der Waals surface area (Å²) in [5.41, 5.74) is 0.719. The molecule has 0 aliphatic carbocycles. The molecule has 1 unspecified atom stereocenters. The summed E-state index contributed by atoms with van der Waals surface area (Å²) in [7, 11) is 1.16. The van der Waals surface area contributed by atoms with Crippen LogP contribution in [0.4, 0.5) is 22.7 Å². The van der Waals surface area contributed by atoms with Crippen molar-refractivity contribution >= 4 is 40.3 Å². The highest BCUT2D eigenvalue weighted by Gasteiger charge is 2.35. The van der Waals surface area contributed by atoms with E-state index in [0.29, 0.717) is 5.56 Å². The summed E-state index contributed by atoms with van der Waals surface area (Å²) < 4.78 is 4.75. The molecule has 12 heteroatoms. The summed E-state index contributed by atoms with van der Waals surface area (Å²) in [5.74, 6) is -1.44. The minimum atomic E-state index is -1.41. The molecule has 0 aromatic heterocycles. The summed E-state index contributed by atoms with van der Waals surface area (Å²) in [6.45, 7) is -0.507. The average Bonchev–Trinajstić information content (AvgIpc) is 2.99. The van der Waals surface area contributed by atoms with Crippen LogP contribution in [0.25, 0.3) is 0 Å². The molecule has 12 nitrogen and oxygen atoms in total. The van der Waals surface area contributed by atoms with Gasteiger partial charge in [0.25, 0.3) is 17.3 Å². The Bertz CT molecular complexity index is 1390. The van der Waals surface area contributed by atoms with Gasteiger partial charge < -0.3 is 10.1 Å². The molecule has 0 saturated heterocycles. The summed E-state index contributed by atoms with van der Waals surface area (Å²) in [4.78, 5) is 53.4. The monoisotopic (exact) mass is 489 g/mol. The highest BCUT2D eigenvalue weighted by molar-refractivity contribution is 6.21. The maximum absolute atomic E-state index is 13.7. The lowest BCUT2D eigenvalue weighted by Crippen LogP contribution is -2.44. The van der Waals surface area contributed by atoms with Gasteiger partial charge in [-0.05, 0) is 12.1 Å². The van der Waals surface area contributed by atoms with E-state index in [1.54, 1.807) is 36.4 Å². The van der Waals surface area contributed by atoms with E-state index in [-0.39, 0.29) is 34.0 Å². The number of carbonyl (C=O) groups is 2. The minimum absolute atomic E-state index is 0.0342. The van der Waals surface area contributed by atoms with Gasteiger partial charge in [0, 0.05) is 29.3 Å². The third-order valence-electron chi connectivity index (χ3n) is 5.45. The van der Waals surface area contributed by atoms with Crippen LogP contribution in [0.3, 0.4) is 0 Å². The van der Waals surface area contributed by atoms with Crippen LogP contribution in [-0.4, -0.2) is 47.3 Å². The Morgan fingerprint density at radius 2 is 1.72 bits per heavy atom. The number of benzodiazepines with no additional fused rings is 1. The molecule has 3 aromatic carbocycles. The van der Waals surface area contributed by atoms with Crippen molar-refractivity contribution in [2.75, 3.05) is 23.9 Å². The third kappa shape index (κ3) is 4.73. The van der Waals surface area contributed by atoms with Crippen molar-refractivity contribution in [3.05, 3.63) is 104 Å². The zero-order valence-electron chi connectivity index (χ0n) is 18.9. The molecule has 1 aliphatic rings. The van der Waals surface area contributed by atoms with Gasteiger partial charge in [-0.25, -0.2) is 4.99 Å². The molecule has 0 radical (unpaired) electrons. The van der Waals surface area contributed by atoms with Gasteiger partial charge in [-0.3, -0.25) is 34.7 Å². The Morgan fingerprint density at radius 1 is 1.03 bits per heavy atom. The first-order valence-corrected chi connectivity index (χ1v) is 10.6. The molecule has 3 aromatic rings. The standard InChI is InChI=1S/C24H19N5O7/c1-36-21(30)14-27-19-12-11-16(28(32)33)13-17(19)22(15-7-3-2-4-8-15)26-23(24(27)31)25-18-9-5-6-10-20(18)29(34)35/h2-13,23,25H,14H2,1H3. The van der Waals surface area contributed by atoms with E-state index in [0.717, 1.165) is 12.0 Å². The van der Waals surface area contributed by atoms with Crippen LogP contribution in [0, 0.1) is 20.2 Å². The molecule has 0 saturated carbocycles. The van der Waals surface area contributed by atoms with Gasteiger partial charge in [0.2, 0.25) is 0 Å². The van der Waals surface area contributed by atoms with Crippen molar-refractivity contribution in [3.63, 3.8) is 0 Å². The quantitative estimate of drug-likeness (QED) is 0.301. The predicted octanol–water partition coefficient (Wildman–Crippen LogP) is 3.30. The molecule has 1 N–H and O–H groups in total. The summed E-state index contributed by atoms with van der Waals surface area (Å²) in [6, 6.07) is 18.3. The molecule has 0 fully saturated rings. The van der Waals surface area contributed by atoms with Crippen LogP contribution < -0.4 is 10.2 Å². The first-order valence-electron chi connectivity index (χ1n) is 10.6. The summed E-state index contributed by atoms with van der Waals surface area (Å²) >= 11 is 0. The van der Waals surface area contributed by atoms with Crippen LogP contribution in [-0.2, 0) is 14.3 Å². The first kappa shape index (κ1) is 24.0. The molecule has 36 heavy (non-hydrogen) atoms. The fourth-order valence-corrected chi connectivity index (χ4v) is 3.76. The number of nitro benzene ring substituents is 2. The SMILES string of the molecule is COC(=O)CN1C(=O)C(Nc2ccccc2[N+](=O)[O-])N=C(c2ccccc2)c2cc([N+](=O)[O-])ccc21. The van der Waals surface area contributed by atoms with Crippen molar-refractivity contribution in [1.82, 2.24) is 0 Å². The van der Waals surface area contributed by atoms with Crippen LogP contribution in [0.15, 0.2) is 77.8 Å². The second kappa shape index (κ2) is 10.0. The fraction of sp³-hybridized carbons (Fsp3) is 0.125. The first-order chi connectivity index (χ1) is 17.3. The topological polar surface area (TPSA) is 157 Å². The molecule has 182 valence electrons. The second-order valence-corrected chi connectivity index (χ2v) is 7.62. The van der Waals surface area contributed by atoms with Gasteiger partial charge in [0.1, 0.15) is 12.2 Å². The normalized spacial score (nSPS) is 14.8. The molecule has 1 heterocycles. The number of esters is 1. The van der Waals surface area contributed by atoms with E-state index in [1.807, 2.05) is 0 Å². The Hall–Kier alpha value is -5.13. The number of nitrogens with zero attached hydrogens (tertiary/aromatic N) is 4. The maximum atomic E-state index is 13.7. The van der Waals surface area contributed by atoms with E-state index in [1.165, 1.54) is 36.4 Å². The number of carbonyl (C=O) groups excluding carboxylic acids is 2. The number of amides is 1. The Kier molecular flexibility index (Phi) is 6.68. The number of methoxy groups -OCH3 is 1. The number of non-ortho nitro benzene ring substituents is 1. The van der Waals surface area contributed by atoms with Crippen LogP contribution in [0.1, 0.15) is 11.1 Å². The number of hydrogen-bond donors (Lipinski definition) is 1. The van der Waals surface area contributed by atoms with Crippen LogP contribution >= 0.6 is 0 Å². The number of aliphatic imine (C=N–C) groups is 1. The lowest BCUT2D eigenvalue weighted by atomic mass is 9.99. The number of para-hydroxylation sites is 2. The molecule has 1 amide bonds. The van der Waals surface area contributed by atoms with Crippen molar-refractivity contribution in [1.29, 1.82) is 0 Å². The Morgan fingerprint density at radius 3 is 2.39 bits per heavy atom.